The molecule has 0 aromatic carbocycles. The molecule has 0 bridgehead atoms. The van der Waals surface area contributed by atoms with Crippen LogP contribution in [0, 0.1) is 0 Å². The summed E-state index contributed by atoms with van der Waals surface area (Å²) in [7, 11) is -2.03. The number of aromatic amines is 1. The van der Waals surface area contributed by atoms with Crippen molar-refractivity contribution in [2.75, 3.05) is 20.3 Å². The molecule has 0 spiro atoms. The molecule has 2 heterocycles. The summed E-state index contributed by atoms with van der Waals surface area (Å²) in [6.45, 7) is 0.995. The van der Waals surface area contributed by atoms with Crippen LogP contribution in [0.1, 0.15) is 6.42 Å². The highest BCUT2D eigenvalue weighted by molar-refractivity contribution is 7.89. The third-order valence-electron chi connectivity index (χ3n) is 2.85. The van der Waals surface area contributed by atoms with Crippen LogP contribution in [0.5, 0.6) is 0 Å². The average molecular weight is 258 g/mol. The summed E-state index contributed by atoms with van der Waals surface area (Å²) in [6, 6.07) is 2.37. The van der Waals surface area contributed by atoms with Gasteiger partial charge < -0.3 is 9.72 Å². The predicted molar refractivity (Wildman–Crippen MR) is 61.2 cm³/mol. The fourth-order valence-electron chi connectivity index (χ4n) is 1.73. The summed E-state index contributed by atoms with van der Waals surface area (Å²) in [5.74, 6) is 0. The molecule has 1 atom stereocenters. The van der Waals surface area contributed by atoms with E-state index >= 15 is 0 Å². The SMILES string of the molecule is CN(C1CCOC1)S(=O)(=O)c1ccc(=O)[nH]c1. The second-order valence-corrected chi connectivity index (χ2v) is 5.92. The van der Waals surface area contributed by atoms with Gasteiger partial charge in [0.15, 0.2) is 0 Å². The number of nitrogens with zero attached hydrogens (tertiary/aromatic N) is 1. The highest BCUT2D eigenvalue weighted by Crippen LogP contribution is 2.19. The number of hydrogen-bond acceptors (Lipinski definition) is 4. The Morgan fingerprint density at radius 3 is 2.76 bits per heavy atom. The van der Waals surface area contributed by atoms with Crippen LogP contribution in [-0.2, 0) is 14.8 Å². The van der Waals surface area contributed by atoms with E-state index in [1.165, 1.54) is 29.7 Å². The minimum absolute atomic E-state index is 0.0894. The molecule has 0 radical (unpaired) electrons. The van der Waals surface area contributed by atoms with Crippen LogP contribution in [-0.4, -0.2) is 44.0 Å². The van der Waals surface area contributed by atoms with Gasteiger partial charge >= 0.3 is 0 Å². The van der Waals surface area contributed by atoms with E-state index in [0.717, 1.165) is 0 Å². The first kappa shape index (κ1) is 12.3. The van der Waals surface area contributed by atoms with Crippen molar-refractivity contribution in [2.45, 2.75) is 17.4 Å². The zero-order valence-electron chi connectivity index (χ0n) is 9.42. The van der Waals surface area contributed by atoms with Crippen LogP contribution in [0.25, 0.3) is 0 Å². The molecule has 6 nitrogen and oxygen atoms in total. The van der Waals surface area contributed by atoms with Gasteiger partial charge in [-0.2, -0.15) is 4.31 Å². The Balaban J connectivity index is 2.29. The van der Waals surface area contributed by atoms with E-state index in [-0.39, 0.29) is 16.5 Å². The molecule has 2 rings (SSSR count). The van der Waals surface area contributed by atoms with Crippen molar-refractivity contribution >= 4 is 10.0 Å². The summed E-state index contributed by atoms with van der Waals surface area (Å²) in [5.41, 5.74) is -0.323. The van der Waals surface area contributed by atoms with Gasteiger partial charge in [0, 0.05) is 25.9 Å². The molecule has 1 N–H and O–H groups in total. The van der Waals surface area contributed by atoms with Gasteiger partial charge in [0.1, 0.15) is 0 Å². The van der Waals surface area contributed by atoms with Gasteiger partial charge in [-0.3, -0.25) is 4.79 Å². The van der Waals surface area contributed by atoms with E-state index in [2.05, 4.69) is 4.98 Å². The number of nitrogens with one attached hydrogen (secondary N) is 1. The van der Waals surface area contributed by atoms with Crippen molar-refractivity contribution in [2.24, 2.45) is 0 Å². The zero-order valence-corrected chi connectivity index (χ0v) is 10.2. The molecule has 0 aliphatic carbocycles. The number of pyridine rings is 1. The molecular formula is C10H14N2O4S. The first-order valence-corrected chi connectivity index (χ1v) is 6.70. The van der Waals surface area contributed by atoms with Crippen LogP contribution in [0.4, 0.5) is 0 Å². The lowest BCUT2D eigenvalue weighted by Gasteiger charge is -2.22. The number of H-pyrrole nitrogens is 1. The van der Waals surface area contributed by atoms with E-state index in [9.17, 15) is 13.2 Å². The molecule has 17 heavy (non-hydrogen) atoms. The maximum absolute atomic E-state index is 12.2. The zero-order chi connectivity index (χ0) is 12.5. The standard InChI is InChI=1S/C10H14N2O4S/c1-12(8-4-5-16-7-8)17(14,15)9-2-3-10(13)11-6-9/h2-3,6,8H,4-5,7H2,1H3,(H,11,13). The summed E-state index contributed by atoms with van der Waals surface area (Å²) < 4.78 is 30.8. The fraction of sp³-hybridized carbons (Fsp3) is 0.500. The molecule has 1 unspecified atom stereocenters. The highest BCUT2D eigenvalue weighted by atomic mass is 32.2. The van der Waals surface area contributed by atoms with Crippen LogP contribution >= 0.6 is 0 Å². The third-order valence-corrected chi connectivity index (χ3v) is 4.76. The van der Waals surface area contributed by atoms with Gasteiger partial charge in [-0.15, -0.1) is 0 Å². The molecule has 1 aromatic heterocycles. The minimum atomic E-state index is -3.56. The van der Waals surface area contributed by atoms with Crippen molar-refractivity contribution in [1.82, 2.24) is 9.29 Å². The van der Waals surface area contributed by atoms with Crippen molar-refractivity contribution in [1.29, 1.82) is 0 Å². The third kappa shape index (κ3) is 2.41. The van der Waals surface area contributed by atoms with Crippen molar-refractivity contribution in [3.8, 4) is 0 Å². The van der Waals surface area contributed by atoms with Crippen molar-refractivity contribution < 1.29 is 13.2 Å². The second kappa shape index (κ2) is 4.59. The van der Waals surface area contributed by atoms with Gasteiger partial charge in [0.05, 0.1) is 17.5 Å². The maximum atomic E-state index is 12.2. The van der Waals surface area contributed by atoms with Gasteiger partial charge in [-0.05, 0) is 12.5 Å². The molecule has 1 aliphatic rings. The molecule has 7 heteroatoms. The topological polar surface area (TPSA) is 79.5 Å². The van der Waals surface area contributed by atoms with E-state index < -0.39 is 10.0 Å². The van der Waals surface area contributed by atoms with Crippen LogP contribution in [0.2, 0.25) is 0 Å². The van der Waals surface area contributed by atoms with E-state index in [1.807, 2.05) is 0 Å². The fourth-order valence-corrected chi connectivity index (χ4v) is 3.07. The van der Waals surface area contributed by atoms with E-state index in [0.29, 0.717) is 19.6 Å². The van der Waals surface area contributed by atoms with Crippen LogP contribution < -0.4 is 5.56 Å². The molecule has 0 saturated carbocycles. The summed E-state index contributed by atoms with van der Waals surface area (Å²) in [4.78, 5) is 13.3. The Hall–Kier alpha value is -1.18. The van der Waals surface area contributed by atoms with Gasteiger partial charge in [-0.1, -0.05) is 0 Å². The Bertz CT molecular complexity index is 525. The van der Waals surface area contributed by atoms with Crippen molar-refractivity contribution in [3.05, 3.63) is 28.7 Å². The maximum Gasteiger partial charge on any atom is 0.247 e. The number of likely N-dealkylation sites (N-methyl/N-ethyl adjacent to an activating group) is 1. The Labute approximate surface area is 99.3 Å². The molecule has 1 aliphatic heterocycles. The first-order valence-electron chi connectivity index (χ1n) is 5.26. The number of ether oxygens (including phenoxy) is 1. The lowest BCUT2D eigenvalue weighted by molar-refractivity contribution is 0.181. The Kier molecular flexibility index (Phi) is 3.32. The number of sulfonamides is 1. The molecule has 1 fully saturated rings. The quantitative estimate of drug-likeness (QED) is 0.813. The van der Waals surface area contributed by atoms with Crippen molar-refractivity contribution in [3.63, 3.8) is 0 Å². The highest BCUT2D eigenvalue weighted by Gasteiger charge is 2.30. The van der Waals surface area contributed by atoms with E-state index in [1.54, 1.807) is 0 Å². The minimum Gasteiger partial charge on any atom is -0.380 e. The Morgan fingerprint density at radius 2 is 2.24 bits per heavy atom. The molecule has 1 aromatic rings. The normalized spacial score (nSPS) is 20.9. The number of aromatic nitrogens is 1. The summed E-state index contributed by atoms with van der Waals surface area (Å²) in [5, 5.41) is 0. The average Bonchev–Trinajstić information content (AvgIpc) is 2.82. The number of hydrogen-bond donors (Lipinski definition) is 1. The smallest absolute Gasteiger partial charge is 0.247 e. The first-order chi connectivity index (χ1) is 8.01. The van der Waals surface area contributed by atoms with E-state index in [4.69, 9.17) is 4.74 Å². The molecule has 1 saturated heterocycles. The molecule has 0 amide bonds. The Morgan fingerprint density at radius 1 is 1.47 bits per heavy atom. The van der Waals surface area contributed by atoms with Gasteiger partial charge in [-0.25, -0.2) is 8.42 Å². The summed E-state index contributed by atoms with van der Waals surface area (Å²) in [6.07, 6.45) is 1.91. The molecule has 94 valence electrons. The largest absolute Gasteiger partial charge is 0.380 e. The van der Waals surface area contributed by atoms with Crippen LogP contribution in [0.3, 0.4) is 0 Å². The molecular weight excluding hydrogens is 244 g/mol. The van der Waals surface area contributed by atoms with Crippen LogP contribution in [0.15, 0.2) is 28.0 Å². The monoisotopic (exact) mass is 258 g/mol. The van der Waals surface area contributed by atoms with Gasteiger partial charge in [0.2, 0.25) is 15.6 Å². The lowest BCUT2D eigenvalue weighted by Crippen LogP contribution is -2.37. The van der Waals surface area contributed by atoms with Gasteiger partial charge in [0.25, 0.3) is 0 Å². The predicted octanol–water partition coefficient (Wildman–Crippen LogP) is -0.216. The lowest BCUT2D eigenvalue weighted by atomic mass is 10.3. The number of rotatable bonds is 3. The summed E-state index contributed by atoms with van der Waals surface area (Å²) >= 11 is 0. The second-order valence-electron chi connectivity index (χ2n) is 3.93.